The van der Waals surface area contributed by atoms with E-state index in [2.05, 4.69) is 23.8 Å². The Kier molecular flexibility index (Phi) is 14.2. The molecule has 188 valence electrons. The van der Waals surface area contributed by atoms with Crippen molar-refractivity contribution in [2.75, 3.05) is 0 Å². The van der Waals surface area contributed by atoms with Crippen molar-refractivity contribution in [1.82, 2.24) is 9.97 Å². The minimum absolute atomic E-state index is 0.0479. The van der Waals surface area contributed by atoms with Crippen LogP contribution in [0.15, 0.2) is 36.7 Å². The van der Waals surface area contributed by atoms with Gasteiger partial charge in [-0.1, -0.05) is 96.6 Å². The van der Waals surface area contributed by atoms with Crippen LogP contribution in [-0.2, 0) is 11.2 Å². The summed E-state index contributed by atoms with van der Waals surface area (Å²) in [7, 11) is 0. The van der Waals surface area contributed by atoms with Crippen LogP contribution in [0.25, 0.3) is 11.3 Å². The summed E-state index contributed by atoms with van der Waals surface area (Å²) < 4.78 is 5.59. The lowest BCUT2D eigenvalue weighted by Gasteiger charge is -2.13. The predicted octanol–water partition coefficient (Wildman–Crippen LogP) is 8.73. The number of nitrogens with zero attached hydrogens (tertiary/aromatic N) is 2. The smallest absolute Gasteiger partial charge is 0.338 e. The summed E-state index contributed by atoms with van der Waals surface area (Å²) >= 11 is 0. The van der Waals surface area contributed by atoms with E-state index in [1.54, 1.807) is 0 Å². The molecule has 0 aliphatic carbocycles. The minimum Gasteiger partial charge on any atom is -0.459 e. The first-order chi connectivity index (χ1) is 16.6. The van der Waals surface area contributed by atoms with Crippen molar-refractivity contribution in [3.63, 3.8) is 0 Å². The van der Waals surface area contributed by atoms with E-state index in [4.69, 9.17) is 4.74 Å². The first kappa shape index (κ1) is 28.0. The molecule has 0 radical (unpaired) electrons. The molecule has 1 aromatic heterocycles. The normalized spacial score (nSPS) is 12.0. The standard InChI is InChI=1S/C30H46N2O2/c1-4-6-8-10-11-12-13-14-16-18-28-23-32-29(24-31-28)26-19-21-27(22-20-26)30(33)34-25(3)17-15-9-7-5-2/h19-25H,4-18H2,1-3H3/t25-/m1/s1. The van der Waals surface area contributed by atoms with Crippen molar-refractivity contribution in [3.05, 3.63) is 47.9 Å². The first-order valence-electron chi connectivity index (χ1n) is 13.8. The predicted molar refractivity (Wildman–Crippen MR) is 142 cm³/mol. The molecular weight excluding hydrogens is 420 g/mol. The molecular formula is C30H46N2O2. The highest BCUT2D eigenvalue weighted by Gasteiger charge is 2.12. The van der Waals surface area contributed by atoms with Crippen LogP contribution in [0.3, 0.4) is 0 Å². The number of benzene rings is 1. The van der Waals surface area contributed by atoms with E-state index in [9.17, 15) is 4.79 Å². The number of ether oxygens (including phenoxy) is 1. The summed E-state index contributed by atoms with van der Waals surface area (Å²) in [6.45, 7) is 6.44. The topological polar surface area (TPSA) is 52.1 Å². The second kappa shape index (κ2) is 17.2. The Balaban J connectivity index is 1.70. The number of rotatable bonds is 18. The van der Waals surface area contributed by atoms with Crippen LogP contribution in [0.1, 0.15) is 127 Å². The molecule has 0 saturated heterocycles. The van der Waals surface area contributed by atoms with Crippen molar-refractivity contribution in [2.24, 2.45) is 0 Å². The Morgan fingerprint density at radius 1 is 0.765 bits per heavy atom. The molecule has 34 heavy (non-hydrogen) atoms. The summed E-state index contributed by atoms with van der Waals surface area (Å²) in [4.78, 5) is 21.6. The van der Waals surface area contributed by atoms with Crippen LogP contribution in [0.2, 0.25) is 0 Å². The maximum Gasteiger partial charge on any atom is 0.338 e. The number of aromatic nitrogens is 2. The number of aryl methyl sites for hydroxylation is 1. The van der Waals surface area contributed by atoms with Crippen LogP contribution < -0.4 is 0 Å². The molecule has 0 fully saturated rings. The van der Waals surface area contributed by atoms with Crippen LogP contribution in [0, 0.1) is 0 Å². The van der Waals surface area contributed by atoms with Crippen molar-refractivity contribution in [3.8, 4) is 11.3 Å². The average molecular weight is 467 g/mol. The molecule has 1 aromatic carbocycles. The van der Waals surface area contributed by atoms with Crippen LogP contribution in [0.4, 0.5) is 0 Å². The zero-order chi connectivity index (χ0) is 24.4. The molecule has 0 aliphatic heterocycles. The first-order valence-corrected chi connectivity index (χ1v) is 13.8. The van der Waals surface area contributed by atoms with Gasteiger partial charge in [-0.05, 0) is 44.7 Å². The van der Waals surface area contributed by atoms with E-state index in [1.807, 2.05) is 43.6 Å². The van der Waals surface area contributed by atoms with Crippen molar-refractivity contribution < 1.29 is 9.53 Å². The molecule has 2 rings (SSSR count). The van der Waals surface area contributed by atoms with Crippen LogP contribution in [-0.4, -0.2) is 22.0 Å². The van der Waals surface area contributed by atoms with Gasteiger partial charge in [0.05, 0.1) is 29.3 Å². The van der Waals surface area contributed by atoms with Gasteiger partial charge in [-0.25, -0.2) is 4.79 Å². The summed E-state index contributed by atoms with van der Waals surface area (Å²) in [5, 5.41) is 0. The fourth-order valence-electron chi connectivity index (χ4n) is 4.20. The molecule has 4 heteroatoms. The summed E-state index contributed by atoms with van der Waals surface area (Å²) in [5.41, 5.74) is 3.44. The van der Waals surface area contributed by atoms with Gasteiger partial charge in [0.2, 0.25) is 0 Å². The molecule has 0 saturated carbocycles. The Bertz CT molecular complexity index is 786. The molecule has 1 heterocycles. The second-order valence-electron chi connectivity index (χ2n) is 9.61. The highest BCUT2D eigenvalue weighted by Crippen LogP contribution is 2.19. The zero-order valence-electron chi connectivity index (χ0n) is 21.9. The monoisotopic (exact) mass is 466 g/mol. The van der Waals surface area contributed by atoms with Gasteiger partial charge in [0, 0.05) is 11.8 Å². The molecule has 0 amide bonds. The Morgan fingerprint density at radius 2 is 1.35 bits per heavy atom. The van der Waals surface area contributed by atoms with Gasteiger partial charge in [0.15, 0.2) is 0 Å². The third-order valence-corrected chi connectivity index (χ3v) is 6.43. The Labute approximate surface area is 208 Å². The number of unbranched alkanes of at least 4 members (excludes halogenated alkanes) is 11. The highest BCUT2D eigenvalue weighted by atomic mass is 16.5. The lowest BCUT2D eigenvalue weighted by Crippen LogP contribution is -2.15. The quantitative estimate of drug-likeness (QED) is 0.163. The SMILES string of the molecule is CCCCCCCCCCCc1cnc(-c2ccc(C(=O)O[C@H](C)CCCCCC)cc2)cn1. The van der Waals surface area contributed by atoms with E-state index in [-0.39, 0.29) is 12.1 Å². The van der Waals surface area contributed by atoms with E-state index in [1.165, 1.54) is 77.0 Å². The van der Waals surface area contributed by atoms with E-state index >= 15 is 0 Å². The third kappa shape index (κ3) is 11.3. The molecule has 1 atom stereocenters. The number of carbonyl (C=O) groups excluding carboxylic acids is 1. The van der Waals surface area contributed by atoms with Crippen LogP contribution >= 0.6 is 0 Å². The molecule has 0 spiro atoms. The third-order valence-electron chi connectivity index (χ3n) is 6.43. The summed E-state index contributed by atoms with van der Waals surface area (Å²) in [6, 6.07) is 7.48. The molecule has 2 aromatic rings. The van der Waals surface area contributed by atoms with Gasteiger partial charge < -0.3 is 4.74 Å². The van der Waals surface area contributed by atoms with Crippen LogP contribution in [0.5, 0.6) is 0 Å². The van der Waals surface area contributed by atoms with Crippen molar-refractivity contribution in [2.45, 2.75) is 123 Å². The number of hydrogen-bond donors (Lipinski definition) is 0. The van der Waals surface area contributed by atoms with Crippen molar-refractivity contribution in [1.29, 1.82) is 0 Å². The lowest BCUT2D eigenvalue weighted by molar-refractivity contribution is 0.0319. The average Bonchev–Trinajstić information content (AvgIpc) is 2.86. The summed E-state index contributed by atoms with van der Waals surface area (Å²) in [5.74, 6) is -0.253. The largest absolute Gasteiger partial charge is 0.459 e. The maximum atomic E-state index is 12.4. The minimum atomic E-state index is -0.253. The van der Waals surface area contributed by atoms with Gasteiger partial charge in [-0.2, -0.15) is 0 Å². The van der Waals surface area contributed by atoms with E-state index in [0.29, 0.717) is 5.56 Å². The molecule has 0 bridgehead atoms. The fraction of sp³-hybridized carbons (Fsp3) is 0.633. The molecule has 0 aliphatic rings. The number of hydrogen-bond acceptors (Lipinski definition) is 4. The Morgan fingerprint density at radius 3 is 1.94 bits per heavy atom. The number of esters is 1. The second-order valence-corrected chi connectivity index (χ2v) is 9.61. The van der Waals surface area contributed by atoms with Crippen molar-refractivity contribution >= 4 is 5.97 Å². The zero-order valence-corrected chi connectivity index (χ0v) is 21.9. The van der Waals surface area contributed by atoms with Gasteiger partial charge in [-0.15, -0.1) is 0 Å². The Hall–Kier alpha value is -2.23. The van der Waals surface area contributed by atoms with Gasteiger partial charge in [0.1, 0.15) is 0 Å². The van der Waals surface area contributed by atoms with Gasteiger partial charge in [0.25, 0.3) is 0 Å². The maximum absolute atomic E-state index is 12.4. The molecule has 4 nitrogen and oxygen atoms in total. The van der Waals surface area contributed by atoms with Gasteiger partial charge >= 0.3 is 5.97 Å². The summed E-state index contributed by atoms with van der Waals surface area (Å²) in [6.07, 6.45) is 22.3. The number of carbonyl (C=O) groups is 1. The van der Waals surface area contributed by atoms with Gasteiger partial charge in [-0.3, -0.25) is 9.97 Å². The molecule has 0 unspecified atom stereocenters. The highest BCUT2D eigenvalue weighted by molar-refractivity contribution is 5.90. The molecule has 0 N–H and O–H groups in total. The lowest BCUT2D eigenvalue weighted by atomic mass is 10.1. The van der Waals surface area contributed by atoms with E-state index < -0.39 is 0 Å². The fourth-order valence-corrected chi connectivity index (χ4v) is 4.20. The van der Waals surface area contributed by atoms with E-state index in [0.717, 1.165) is 36.2 Å².